The summed E-state index contributed by atoms with van der Waals surface area (Å²) in [5, 5.41) is 4.22. The average Bonchev–Trinajstić information content (AvgIpc) is 2.36. The number of hydrogen-bond donors (Lipinski definition) is 2. The molecule has 0 bridgehead atoms. The van der Waals surface area contributed by atoms with E-state index >= 15 is 0 Å². The molecule has 0 aliphatic carbocycles. The summed E-state index contributed by atoms with van der Waals surface area (Å²) in [5.74, 6) is 0. The largest absolute Gasteiger partial charge is 0.398 e. The molecule has 100 valence electrons. The van der Waals surface area contributed by atoms with Gasteiger partial charge in [0.25, 0.3) is 0 Å². The molecule has 0 aliphatic rings. The number of nitrogens with two attached hydrogens (primary N) is 1. The molecule has 2 nitrogen and oxygen atoms in total. The number of rotatable bonds is 3. The van der Waals surface area contributed by atoms with Crippen molar-refractivity contribution in [2.24, 2.45) is 0 Å². The number of halogens is 2. The molecule has 1 atom stereocenters. The fourth-order valence-electron chi connectivity index (χ4n) is 1.94. The third-order valence-corrected chi connectivity index (χ3v) is 4.10. The second-order valence-corrected chi connectivity index (χ2v) is 5.84. The summed E-state index contributed by atoms with van der Waals surface area (Å²) in [6.45, 7) is 4.08. The van der Waals surface area contributed by atoms with Crippen molar-refractivity contribution < 1.29 is 0 Å². The molecule has 2 aromatic carbocycles. The van der Waals surface area contributed by atoms with Crippen LogP contribution in [-0.4, -0.2) is 0 Å². The van der Waals surface area contributed by atoms with Crippen LogP contribution in [0.1, 0.15) is 24.1 Å². The van der Waals surface area contributed by atoms with Crippen molar-refractivity contribution >= 4 is 38.9 Å². The van der Waals surface area contributed by atoms with Crippen molar-refractivity contribution in [3.63, 3.8) is 0 Å². The first-order valence-corrected chi connectivity index (χ1v) is 7.22. The molecule has 0 fully saturated rings. The average molecular weight is 340 g/mol. The quantitative estimate of drug-likeness (QED) is 0.757. The van der Waals surface area contributed by atoms with Gasteiger partial charge in [0.2, 0.25) is 0 Å². The third-order valence-electron chi connectivity index (χ3n) is 3.10. The van der Waals surface area contributed by atoms with Gasteiger partial charge in [-0.15, -0.1) is 0 Å². The lowest BCUT2D eigenvalue weighted by Gasteiger charge is -2.19. The predicted molar refractivity (Wildman–Crippen MR) is 86.8 cm³/mol. The minimum Gasteiger partial charge on any atom is -0.398 e. The molecule has 0 aliphatic heterocycles. The highest BCUT2D eigenvalue weighted by Crippen LogP contribution is 2.32. The summed E-state index contributed by atoms with van der Waals surface area (Å²) >= 11 is 9.74. The second-order valence-electron chi connectivity index (χ2n) is 4.58. The van der Waals surface area contributed by atoms with Gasteiger partial charge in [-0.2, -0.15) is 0 Å². The molecule has 0 saturated carbocycles. The van der Waals surface area contributed by atoms with Crippen molar-refractivity contribution in [1.29, 1.82) is 0 Å². The molecule has 4 heteroatoms. The first-order chi connectivity index (χ1) is 8.99. The Hall–Kier alpha value is -1.19. The maximum absolute atomic E-state index is 6.21. The summed E-state index contributed by atoms with van der Waals surface area (Å²) in [5.41, 5.74) is 9.80. The van der Waals surface area contributed by atoms with Gasteiger partial charge < -0.3 is 11.1 Å². The highest BCUT2D eigenvalue weighted by Gasteiger charge is 2.11. The Morgan fingerprint density at radius 2 is 1.95 bits per heavy atom. The van der Waals surface area contributed by atoms with Gasteiger partial charge in [-0.25, -0.2) is 0 Å². The van der Waals surface area contributed by atoms with Crippen LogP contribution in [0.15, 0.2) is 40.9 Å². The number of nitrogen functional groups attached to an aromatic ring is 1. The lowest BCUT2D eigenvalue weighted by atomic mass is 10.1. The zero-order valence-electron chi connectivity index (χ0n) is 10.9. The van der Waals surface area contributed by atoms with Gasteiger partial charge in [-0.1, -0.05) is 29.8 Å². The number of aryl methyl sites for hydroxylation is 1. The van der Waals surface area contributed by atoms with Crippen LogP contribution in [0.3, 0.4) is 0 Å². The number of hydrogen-bond acceptors (Lipinski definition) is 2. The fourth-order valence-corrected chi connectivity index (χ4v) is 2.72. The molecular weight excluding hydrogens is 324 g/mol. The highest BCUT2D eigenvalue weighted by molar-refractivity contribution is 9.10. The van der Waals surface area contributed by atoms with Crippen molar-refractivity contribution in [2.75, 3.05) is 11.1 Å². The predicted octanol–water partition coefficient (Wildman–Crippen LogP) is 5.17. The molecule has 0 spiro atoms. The lowest BCUT2D eigenvalue weighted by molar-refractivity contribution is 0.883. The molecule has 3 N–H and O–H groups in total. The van der Waals surface area contributed by atoms with E-state index in [0.717, 1.165) is 32.0 Å². The van der Waals surface area contributed by atoms with Gasteiger partial charge in [0, 0.05) is 20.9 Å². The molecule has 2 aromatic rings. The maximum atomic E-state index is 6.21. The molecule has 1 unspecified atom stereocenters. The third kappa shape index (κ3) is 3.23. The van der Waals surface area contributed by atoms with Crippen LogP contribution in [0.4, 0.5) is 11.4 Å². The summed E-state index contributed by atoms with van der Waals surface area (Å²) in [7, 11) is 0. The lowest BCUT2D eigenvalue weighted by Crippen LogP contribution is -2.08. The number of benzene rings is 2. The van der Waals surface area contributed by atoms with E-state index in [4.69, 9.17) is 17.3 Å². The van der Waals surface area contributed by atoms with Crippen LogP contribution in [0.5, 0.6) is 0 Å². The van der Waals surface area contributed by atoms with E-state index in [1.54, 1.807) is 0 Å². The van der Waals surface area contributed by atoms with Gasteiger partial charge in [-0.3, -0.25) is 0 Å². The van der Waals surface area contributed by atoms with E-state index in [1.165, 1.54) is 0 Å². The smallest absolute Gasteiger partial charge is 0.0500 e. The molecule has 0 radical (unpaired) electrons. The Morgan fingerprint density at radius 3 is 2.63 bits per heavy atom. The Balaban J connectivity index is 2.27. The maximum Gasteiger partial charge on any atom is 0.0500 e. The van der Waals surface area contributed by atoms with Crippen LogP contribution in [0, 0.1) is 6.92 Å². The Labute approximate surface area is 127 Å². The SMILES string of the molecule is Cc1cc(NC(C)c2ccccc2Cl)c(Br)cc1N. The number of nitrogens with one attached hydrogen (secondary N) is 1. The van der Waals surface area contributed by atoms with Crippen molar-refractivity contribution in [3.05, 3.63) is 57.0 Å². The van der Waals surface area contributed by atoms with Crippen LogP contribution < -0.4 is 11.1 Å². The summed E-state index contributed by atoms with van der Waals surface area (Å²) < 4.78 is 0.953. The van der Waals surface area contributed by atoms with E-state index in [2.05, 4.69) is 28.2 Å². The molecule has 0 saturated heterocycles. The zero-order valence-corrected chi connectivity index (χ0v) is 13.2. The van der Waals surface area contributed by atoms with Crippen LogP contribution in [0.2, 0.25) is 5.02 Å². The monoisotopic (exact) mass is 338 g/mol. The molecule has 0 aromatic heterocycles. The number of anilines is 2. The first-order valence-electron chi connectivity index (χ1n) is 6.05. The minimum absolute atomic E-state index is 0.119. The van der Waals surface area contributed by atoms with Crippen LogP contribution >= 0.6 is 27.5 Å². The minimum atomic E-state index is 0.119. The van der Waals surface area contributed by atoms with E-state index in [9.17, 15) is 0 Å². The Kier molecular flexibility index (Phi) is 4.38. The molecule has 0 amide bonds. The first kappa shape index (κ1) is 14.2. The van der Waals surface area contributed by atoms with E-state index in [1.807, 2.05) is 43.3 Å². The Morgan fingerprint density at radius 1 is 1.26 bits per heavy atom. The van der Waals surface area contributed by atoms with Crippen LogP contribution in [0.25, 0.3) is 0 Å². The van der Waals surface area contributed by atoms with E-state index in [-0.39, 0.29) is 6.04 Å². The zero-order chi connectivity index (χ0) is 14.0. The highest BCUT2D eigenvalue weighted by atomic mass is 79.9. The van der Waals surface area contributed by atoms with Crippen molar-refractivity contribution in [2.45, 2.75) is 19.9 Å². The van der Waals surface area contributed by atoms with E-state index in [0.29, 0.717) is 0 Å². The van der Waals surface area contributed by atoms with E-state index < -0.39 is 0 Å². The Bertz CT molecular complexity index is 599. The van der Waals surface area contributed by atoms with Crippen molar-refractivity contribution in [3.8, 4) is 0 Å². The summed E-state index contributed by atoms with van der Waals surface area (Å²) in [6, 6.07) is 11.9. The molecule has 2 rings (SSSR count). The summed E-state index contributed by atoms with van der Waals surface area (Å²) in [4.78, 5) is 0. The van der Waals surface area contributed by atoms with Gasteiger partial charge in [0.15, 0.2) is 0 Å². The standard InChI is InChI=1S/C15H16BrClN2/c1-9-7-15(12(16)8-14(9)18)19-10(2)11-5-3-4-6-13(11)17/h3-8,10,19H,18H2,1-2H3. The van der Waals surface area contributed by atoms with Gasteiger partial charge in [-0.05, 0) is 59.1 Å². The molecule has 0 heterocycles. The summed E-state index contributed by atoms with van der Waals surface area (Å²) in [6.07, 6.45) is 0. The van der Waals surface area contributed by atoms with Crippen LogP contribution in [-0.2, 0) is 0 Å². The fraction of sp³-hybridized carbons (Fsp3) is 0.200. The molecule has 19 heavy (non-hydrogen) atoms. The molecular formula is C15H16BrClN2. The van der Waals surface area contributed by atoms with Gasteiger partial charge >= 0.3 is 0 Å². The topological polar surface area (TPSA) is 38.0 Å². The van der Waals surface area contributed by atoms with Gasteiger partial charge in [0.05, 0.1) is 6.04 Å². The van der Waals surface area contributed by atoms with Gasteiger partial charge in [0.1, 0.15) is 0 Å². The normalized spacial score (nSPS) is 12.2. The van der Waals surface area contributed by atoms with Crippen molar-refractivity contribution in [1.82, 2.24) is 0 Å². The second kappa shape index (κ2) is 5.85.